The summed E-state index contributed by atoms with van der Waals surface area (Å²) >= 11 is 0. The molecule has 0 aromatic carbocycles. The molecule has 0 unspecified atom stereocenters. The molecule has 0 radical (unpaired) electrons. The molecule has 1 heterocycles. The van der Waals surface area contributed by atoms with Crippen molar-refractivity contribution < 1.29 is 14.3 Å². The van der Waals surface area contributed by atoms with Crippen LogP contribution in [0.3, 0.4) is 0 Å². The summed E-state index contributed by atoms with van der Waals surface area (Å²) in [4.78, 5) is 23.7. The van der Waals surface area contributed by atoms with Crippen LogP contribution in [0.25, 0.3) is 0 Å². The van der Waals surface area contributed by atoms with E-state index < -0.39 is 0 Å². The maximum atomic E-state index is 11.0. The lowest BCUT2D eigenvalue weighted by Gasteiger charge is -2.09. The largest absolute Gasteiger partial charge is 0.461 e. The molecule has 0 N–H and O–H groups in total. The van der Waals surface area contributed by atoms with Crippen LogP contribution in [0.4, 0.5) is 0 Å². The summed E-state index contributed by atoms with van der Waals surface area (Å²) in [6.45, 7) is 7.70. The lowest BCUT2D eigenvalue weighted by atomic mass is 10.4. The van der Waals surface area contributed by atoms with E-state index in [0.717, 1.165) is 11.3 Å². The molecular weight excluding hydrogens is 184 g/mol. The van der Waals surface area contributed by atoms with Crippen molar-refractivity contribution in [3.05, 3.63) is 17.1 Å². The van der Waals surface area contributed by atoms with Crippen LogP contribution in [-0.2, 0) is 9.53 Å². The molecular formula is C9H15N2O3+. The minimum absolute atomic E-state index is 0.319. The van der Waals surface area contributed by atoms with Crippen molar-refractivity contribution in [1.82, 2.24) is 4.90 Å². The summed E-state index contributed by atoms with van der Waals surface area (Å²) in [5, 5.41) is 0. The van der Waals surface area contributed by atoms with Gasteiger partial charge in [-0.25, -0.2) is 9.69 Å². The normalized spacial score (nSPS) is 17.1. The molecule has 0 bridgehead atoms. The highest BCUT2D eigenvalue weighted by atomic mass is 16.5. The SMILES string of the molecule is C=C(C)C(=O)OCCN1CC[N+](=O)C1. The average molecular weight is 199 g/mol. The standard InChI is InChI=1S/C9H15N2O3/c1-8(2)9(12)14-6-5-10-3-4-11(13)7-10/h1,3-7H2,2H3/q+1. The fourth-order valence-electron chi connectivity index (χ4n) is 1.19. The molecule has 1 saturated heterocycles. The van der Waals surface area contributed by atoms with Crippen molar-refractivity contribution in [2.45, 2.75) is 6.92 Å². The molecule has 1 rings (SSSR count). The Kier molecular flexibility index (Phi) is 3.76. The zero-order valence-corrected chi connectivity index (χ0v) is 8.36. The van der Waals surface area contributed by atoms with Crippen LogP contribution in [0.1, 0.15) is 6.92 Å². The second-order valence-electron chi connectivity index (χ2n) is 3.38. The van der Waals surface area contributed by atoms with Gasteiger partial charge in [0.15, 0.2) is 0 Å². The zero-order chi connectivity index (χ0) is 10.6. The summed E-state index contributed by atoms with van der Waals surface area (Å²) in [6.07, 6.45) is 0. The number of rotatable bonds is 4. The molecule has 1 fully saturated rings. The number of nitroso groups, excluding NO2 is 1. The molecule has 0 atom stereocenters. The predicted octanol–water partition coefficient (Wildman–Crippen LogP) is 0.158. The smallest absolute Gasteiger partial charge is 0.333 e. The topological polar surface area (TPSA) is 49.6 Å². The fraction of sp³-hybridized carbons (Fsp3) is 0.667. The highest BCUT2D eigenvalue weighted by Crippen LogP contribution is 1.98. The summed E-state index contributed by atoms with van der Waals surface area (Å²) in [6, 6.07) is 0. The van der Waals surface area contributed by atoms with Crippen LogP contribution in [0.5, 0.6) is 0 Å². The number of esters is 1. The van der Waals surface area contributed by atoms with E-state index in [1.54, 1.807) is 6.92 Å². The van der Waals surface area contributed by atoms with Gasteiger partial charge in [-0.05, 0) is 6.92 Å². The lowest BCUT2D eigenvalue weighted by Crippen LogP contribution is -2.26. The molecule has 5 heteroatoms. The van der Waals surface area contributed by atoms with Crippen LogP contribution >= 0.6 is 0 Å². The van der Waals surface area contributed by atoms with Gasteiger partial charge in [0.2, 0.25) is 13.2 Å². The minimum Gasteiger partial charge on any atom is -0.461 e. The Morgan fingerprint density at radius 1 is 1.64 bits per heavy atom. The number of hydrogen-bond acceptors (Lipinski definition) is 4. The Bertz CT molecular complexity index is 263. The van der Waals surface area contributed by atoms with Crippen LogP contribution in [0.2, 0.25) is 0 Å². The van der Waals surface area contributed by atoms with Crippen molar-refractivity contribution in [3.63, 3.8) is 0 Å². The van der Waals surface area contributed by atoms with Gasteiger partial charge in [0.1, 0.15) is 6.61 Å². The molecule has 0 aromatic rings. The molecule has 5 nitrogen and oxygen atoms in total. The van der Waals surface area contributed by atoms with Crippen molar-refractivity contribution in [2.24, 2.45) is 0 Å². The van der Waals surface area contributed by atoms with E-state index in [1.807, 2.05) is 4.90 Å². The first-order valence-electron chi connectivity index (χ1n) is 4.56. The number of hydrogen-bond donors (Lipinski definition) is 0. The Labute approximate surface area is 82.9 Å². The Hall–Kier alpha value is -1.23. The van der Waals surface area contributed by atoms with Gasteiger partial charge in [0.25, 0.3) is 0 Å². The van der Waals surface area contributed by atoms with E-state index in [-0.39, 0.29) is 5.97 Å². The van der Waals surface area contributed by atoms with Crippen molar-refractivity contribution in [2.75, 3.05) is 32.9 Å². The molecule has 0 spiro atoms. The second kappa shape index (κ2) is 4.85. The molecule has 14 heavy (non-hydrogen) atoms. The van der Waals surface area contributed by atoms with E-state index in [0.29, 0.717) is 31.9 Å². The van der Waals surface area contributed by atoms with Crippen LogP contribution in [-0.4, -0.2) is 48.5 Å². The van der Waals surface area contributed by atoms with Crippen LogP contribution in [0.15, 0.2) is 12.2 Å². The number of ether oxygens (including phenoxy) is 1. The first-order chi connectivity index (χ1) is 6.59. The molecule has 1 aliphatic heterocycles. The zero-order valence-electron chi connectivity index (χ0n) is 8.36. The lowest BCUT2D eigenvalue weighted by molar-refractivity contribution is -0.536. The first kappa shape index (κ1) is 10.8. The van der Waals surface area contributed by atoms with Gasteiger partial charge in [-0.1, -0.05) is 6.58 Å². The third-order valence-electron chi connectivity index (χ3n) is 2.01. The van der Waals surface area contributed by atoms with Gasteiger partial charge in [0.05, 0.1) is 6.54 Å². The highest BCUT2D eigenvalue weighted by Gasteiger charge is 2.24. The van der Waals surface area contributed by atoms with E-state index in [9.17, 15) is 9.70 Å². The van der Waals surface area contributed by atoms with E-state index in [2.05, 4.69) is 6.58 Å². The average Bonchev–Trinajstić information content (AvgIpc) is 2.51. The summed E-state index contributed by atoms with van der Waals surface area (Å²) in [5.41, 5.74) is 0.400. The van der Waals surface area contributed by atoms with Crippen LogP contribution < -0.4 is 0 Å². The minimum atomic E-state index is -0.372. The molecule has 1 aliphatic rings. The van der Waals surface area contributed by atoms with Crippen molar-refractivity contribution >= 4 is 5.97 Å². The molecule has 78 valence electrons. The van der Waals surface area contributed by atoms with Gasteiger partial charge in [-0.15, -0.1) is 0 Å². The Balaban J connectivity index is 2.13. The van der Waals surface area contributed by atoms with E-state index >= 15 is 0 Å². The van der Waals surface area contributed by atoms with E-state index in [1.165, 1.54) is 0 Å². The molecule has 0 saturated carbocycles. The Morgan fingerprint density at radius 3 is 2.86 bits per heavy atom. The fourth-order valence-corrected chi connectivity index (χ4v) is 1.19. The molecule has 0 aliphatic carbocycles. The second-order valence-corrected chi connectivity index (χ2v) is 3.38. The Morgan fingerprint density at radius 2 is 2.36 bits per heavy atom. The summed E-state index contributed by atoms with van der Waals surface area (Å²) in [7, 11) is 0. The monoisotopic (exact) mass is 199 g/mol. The van der Waals surface area contributed by atoms with Gasteiger partial charge in [-0.2, -0.15) is 0 Å². The van der Waals surface area contributed by atoms with Crippen LogP contribution in [0, 0.1) is 4.91 Å². The quantitative estimate of drug-likeness (QED) is 0.367. The number of carbonyl (C=O) groups excluding carboxylic acids is 1. The van der Waals surface area contributed by atoms with Gasteiger partial charge < -0.3 is 4.74 Å². The van der Waals surface area contributed by atoms with Gasteiger partial charge in [0, 0.05) is 21.8 Å². The maximum Gasteiger partial charge on any atom is 0.333 e. The first-order valence-corrected chi connectivity index (χ1v) is 4.56. The summed E-state index contributed by atoms with van der Waals surface area (Å²) in [5.74, 6) is -0.372. The van der Waals surface area contributed by atoms with Gasteiger partial charge >= 0.3 is 5.97 Å². The molecule has 0 amide bonds. The third-order valence-corrected chi connectivity index (χ3v) is 2.01. The maximum absolute atomic E-state index is 11.0. The molecule has 0 aromatic heterocycles. The number of nitrogens with zero attached hydrogens (tertiary/aromatic N) is 2. The van der Waals surface area contributed by atoms with E-state index in [4.69, 9.17) is 4.74 Å². The summed E-state index contributed by atoms with van der Waals surface area (Å²) < 4.78 is 5.89. The predicted molar refractivity (Wildman–Crippen MR) is 50.7 cm³/mol. The van der Waals surface area contributed by atoms with Gasteiger partial charge in [-0.3, -0.25) is 0 Å². The van der Waals surface area contributed by atoms with Crippen molar-refractivity contribution in [3.8, 4) is 0 Å². The highest BCUT2D eigenvalue weighted by molar-refractivity contribution is 5.86. The third kappa shape index (κ3) is 3.26. The number of carbonyl (C=O) groups is 1. The van der Waals surface area contributed by atoms with Crippen molar-refractivity contribution in [1.29, 1.82) is 0 Å².